The van der Waals surface area contributed by atoms with Gasteiger partial charge in [0.2, 0.25) is 0 Å². The second-order valence-corrected chi connectivity index (χ2v) is 14.2. The van der Waals surface area contributed by atoms with Crippen LogP contribution in [0.25, 0.3) is 45.0 Å². The lowest BCUT2D eigenvalue weighted by molar-refractivity contribution is -0.286. The van der Waals surface area contributed by atoms with Gasteiger partial charge in [0.15, 0.2) is 33.0 Å². The summed E-state index contributed by atoms with van der Waals surface area (Å²) in [6, 6.07) is 10.8. The van der Waals surface area contributed by atoms with Crippen LogP contribution in [0.1, 0.15) is 30.0 Å². The molecule has 0 unspecified atom stereocenters. The van der Waals surface area contributed by atoms with Crippen molar-refractivity contribution in [3.8, 4) is 56.5 Å². The summed E-state index contributed by atoms with van der Waals surface area (Å²) in [5.74, 6) is -7.09. The highest BCUT2D eigenvalue weighted by molar-refractivity contribution is 7.90. The SMILES string of the molecule is Cc1nc(-c2ccc3c(c2)OC(F)(F)O3)c(-c2cc(-c3ccc(CO)c(F)c3)cc(S(C)(=O)=O)c2-c2cc(C(F)(F)C(=O)NC3CC3)nn2C)o1. The van der Waals surface area contributed by atoms with E-state index in [1.807, 2.05) is 0 Å². The van der Waals surface area contributed by atoms with Gasteiger partial charge in [0, 0.05) is 48.5 Å². The number of carbonyl (C=O) groups excluding carboxylic acids is 1. The number of nitrogens with one attached hydrogen (secondary N) is 1. The number of halogens is 5. The topological polar surface area (TPSA) is 146 Å². The fourth-order valence-electron chi connectivity index (χ4n) is 5.75. The van der Waals surface area contributed by atoms with Crippen molar-refractivity contribution >= 4 is 15.7 Å². The number of amides is 1. The van der Waals surface area contributed by atoms with Crippen molar-refractivity contribution in [1.82, 2.24) is 20.1 Å². The standard InChI is InChI=1S/C34H27F5N4O7S/c1-16-40-30(18-6-9-25-26(12-18)50-34(38,39)49-25)31(48-16)22-10-20(17-4-5-19(15-44)23(35)11-17)13-27(51(3,46)47)29(22)24-14-28(42-43(24)2)33(36,37)32(45)41-21-7-8-21/h4-6,9-14,21,44H,7-8,15H2,1-3H3,(H,41,45). The molecule has 5 aromatic rings. The van der Waals surface area contributed by atoms with Gasteiger partial charge in [0.05, 0.1) is 17.2 Å². The van der Waals surface area contributed by atoms with E-state index in [1.54, 1.807) is 0 Å². The molecule has 3 aromatic carbocycles. The molecule has 2 aromatic heterocycles. The number of aliphatic hydroxyl groups is 1. The summed E-state index contributed by atoms with van der Waals surface area (Å²) in [7, 11) is -2.97. The maximum Gasteiger partial charge on any atom is 0.586 e. The number of aryl methyl sites for hydroxylation is 2. The molecule has 11 nitrogen and oxygen atoms in total. The van der Waals surface area contributed by atoms with Gasteiger partial charge in [0.1, 0.15) is 17.2 Å². The van der Waals surface area contributed by atoms with Crippen molar-refractivity contribution in [3.05, 3.63) is 77.6 Å². The van der Waals surface area contributed by atoms with Gasteiger partial charge in [0.25, 0.3) is 5.91 Å². The maximum absolute atomic E-state index is 15.5. The Bertz CT molecular complexity index is 2350. The minimum absolute atomic E-state index is 0.0188. The monoisotopic (exact) mass is 730 g/mol. The van der Waals surface area contributed by atoms with Crippen LogP contribution in [-0.2, 0) is 34.2 Å². The van der Waals surface area contributed by atoms with E-state index in [-0.39, 0.29) is 74.0 Å². The Balaban J connectivity index is 1.49. The van der Waals surface area contributed by atoms with Gasteiger partial charge in [-0.25, -0.2) is 17.8 Å². The van der Waals surface area contributed by atoms with E-state index in [1.165, 1.54) is 56.4 Å². The van der Waals surface area contributed by atoms with Gasteiger partial charge < -0.3 is 24.3 Å². The Morgan fingerprint density at radius 1 is 1.04 bits per heavy atom. The lowest BCUT2D eigenvalue weighted by Gasteiger charge is -2.17. The van der Waals surface area contributed by atoms with E-state index in [9.17, 15) is 31.5 Å². The zero-order valence-corrected chi connectivity index (χ0v) is 27.7. The molecule has 266 valence electrons. The number of fused-ring (bicyclic) bond motifs is 1. The van der Waals surface area contributed by atoms with Crippen LogP contribution in [0.2, 0.25) is 0 Å². The molecule has 17 heteroatoms. The van der Waals surface area contributed by atoms with Gasteiger partial charge in [-0.15, -0.1) is 8.78 Å². The molecule has 1 amide bonds. The first-order valence-electron chi connectivity index (χ1n) is 15.3. The third kappa shape index (κ3) is 6.31. The smallest absolute Gasteiger partial charge is 0.440 e. The van der Waals surface area contributed by atoms with Crippen LogP contribution in [0.5, 0.6) is 11.5 Å². The highest BCUT2D eigenvalue weighted by atomic mass is 32.2. The summed E-state index contributed by atoms with van der Waals surface area (Å²) in [5, 5.41) is 15.7. The van der Waals surface area contributed by atoms with E-state index in [2.05, 4.69) is 24.9 Å². The molecular weight excluding hydrogens is 703 g/mol. The predicted octanol–water partition coefficient (Wildman–Crippen LogP) is 6.11. The quantitative estimate of drug-likeness (QED) is 0.172. The predicted molar refractivity (Wildman–Crippen MR) is 170 cm³/mol. The first-order chi connectivity index (χ1) is 23.9. The van der Waals surface area contributed by atoms with Crippen LogP contribution < -0.4 is 14.8 Å². The van der Waals surface area contributed by atoms with Crippen molar-refractivity contribution < 1.29 is 54.2 Å². The van der Waals surface area contributed by atoms with Crippen LogP contribution in [0.4, 0.5) is 22.0 Å². The fourth-order valence-corrected chi connectivity index (χ4v) is 6.68. The van der Waals surface area contributed by atoms with E-state index >= 15 is 8.78 Å². The first-order valence-corrected chi connectivity index (χ1v) is 17.2. The van der Waals surface area contributed by atoms with Crippen molar-refractivity contribution in [2.45, 2.75) is 49.5 Å². The average Bonchev–Trinajstić information content (AvgIpc) is 3.51. The number of aromatic nitrogens is 3. The Labute approximate surface area is 286 Å². The molecule has 1 saturated carbocycles. The van der Waals surface area contributed by atoms with Gasteiger partial charge >= 0.3 is 12.2 Å². The van der Waals surface area contributed by atoms with Crippen molar-refractivity contribution in [2.75, 3.05) is 6.26 Å². The molecule has 2 N–H and O–H groups in total. The molecule has 2 aliphatic rings. The Kier molecular flexibility index (Phi) is 7.98. The molecule has 1 aliphatic carbocycles. The average molecular weight is 731 g/mol. The number of hydrogen-bond donors (Lipinski definition) is 2. The van der Waals surface area contributed by atoms with E-state index in [0.29, 0.717) is 12.8 Å². The molecule has 3 heterocycles. The normalized spacial score (nSPS) is 15.3. The largest absolute Gasteiger partial charge is 0.586 e. The zero-order valence-electron chi connectivity index (χ0n) is 26.9. The number of benzene rings is 3. The summed E-state index contributed by atoms with van der Waals surface area (Å²) in [6.07, 6.45) is -1.93. The molecule has 0 saturated heterocycles. The number of oxazole rings is 1. The number of alkyl halides is 4. The second kappa shape index (κ2) is 11.9. The van der Waals surface area contributed by atoms with Crippen LogP contribution in [0.15, 0.2) is 63.9 Å². The number of sulfone groups is 1. The fraction of sp³-hybridized carbons (Fsp3) is 0.265. The number of hydrogen-bond acceptors (Lipinski definition) is 9. The first kappa shape index (κ1) is 34.2. The Morgan fingerprint density at radius 2 is 1.75 bits per heavy atom. The maximum atomic E-state index is 15.5. The minimum Gasteiger partial charge on any atom is -0.440 e. The zero-order chi connectivity index (χ0) is 36.6. The molecule has 0 bridgehead atoms. The van der Waals surface area contributed by atoms with E-state index < -0.39 is 51.0 Å². The third-order valence-corrected chi connectivity index (χ3v) is 9.49. The number of carbonyl (C=O) groups is 1. The number of aliphatic hydroxyl groups excluding tert-OH is 1. The van der Waals surface area contributed by atoms with Gasteiger partial charge in [-0.05, 0) is 66.4 Å². The van der Waals surface area contributed by atoms with Crippen molar-refractivity contribution in [3.63, 3.8) is 0 Å². The van der Waals surface area contributed by atoms with E-state index in [4.69, 9.17) is 4.42 Å². The van der Waals surface area contributed by atoms with Crippen LogP contribution >= 0.6 is 0 Å². The molecule has 0 atom stereocenters. The van der Waals surface area contributed by atoms with Crippen LogP contribution in [0.3, 0.4) is 0 Å². The van der Waals surface area contributed by atoms with Crippen LogP contribution in [0, 0.1) is 12.7 Å². The number of nitrogens with zero attached hydrogens (tertiary/aromatic N) is 3. The summed E-state index contributed by atoms with van der Waals surface area (Å²) in [4.78, 5) is 16.6. The Morgan fingerprint density at radius 3 is 2.41 bits per heavy atom. The number of ether oxygens (including phenoxy) is 2. The summed E-state index contributed by atoms with van der Waals surface area (Å²) < 4.78 is 117. The highest BCUT2D eigenvalue weighted by Crippen LogP contribution is 2.48. The number of rotatable bonds is 9. The van der Waals surface area contributed by atoms with Gasteiger partial charge in [-0.2, -0.15) is 13.9 Å². The molecule has 1 aliphatic heterocycles. The molecule has 51 heavy (non-hydrogen) atoms. The molecule has 1 fully saturated rings. The Hall–Kier alpha value is -5.29. The van der Waals surface area contributed by atoms with Gasteiger partial charge in [-0.1, -0.05) is 12.1 Å². The molecule has 0 radical (unpaired) electrons. The molecular formula is C34H27F5N4O7S. The second-order valence-electron chi connectivity index (χ2n) is 12.2. The van der Waals surface area contributed by atoms with Gasteiger partial charge in [-0.3, -0.25) is 9.48 Å². The summed E-state index contributed by atoms with van der Waals surface area (Å²) >= 11 is 0. The lowest BCUT2D eigenvalue weighted by atomic mass is 9.93. The van der Waals surface area contributed by atoms with Crippen LogP contribution in [-0.4, -0.2) is 52.8 Å². The highest BCUT2D eigenvalue weighted by Gasteiger charge is 2.46. The van der Waals surface area contributed by atoms with E-state index in [0.717, 1.165) is 23.1 Å². The molecule has 0 spiro atoms. The summed E-state index contributed by atoms with van der Waals surface area (Å²) in [6.45, 7) is 0.874. The lowest BCUT2D eigenvalue weighted by Crippen LogP contribution is -2.39. The van der Waals surface area contributed by atoms with Crippen molar-refractivity contribution in [2.24, 2.45) is 7.05 Å². The van der Waals surface area contributed by atoms with Crippen molar-refractivity contribution in [1.29, 1.82) is 0 Å². The summed E-state index contributed by atoms with van der Waals surface area (Å²) in [5.41, 5.74) is -0.861. The molecule has 7 rings (SSSR count). The minimum atomic E-state index is -4.25. The third-order valence-electron chi connectivity index (χ3n) is 8.37.